The van der Waals surface area contributed by atoms with Crippen LogP contribution in [0.15, 0.2) is 84.9 Å². The van der Waals surface area contributed by atoms with Crippen LogP contribution in [-0.4, -0.2) is 16.2 Å². The highest BCUT2D eigenvalue weighted by Gasteiger charge is 2.21. The fraction of sp³-hybridized carbons (Fsp3) is 0.148. The highest BCUT2D eigenvalue weighted by atomic mass is 16.4. The minimum absolute atomic E-state index is 0.00945. The molecule has 150 valence electrons. The maximum atomic E-state index is 11.9. The van der Waals surface area contributed by atoms with Crippen molar-refractivity contribution in [1.29, 1.82) is 0 Å². The summed E-state index contributed by atoms with van der Waals surface area (Å²) in [5.41, 5.74) is 4.13. The fourth-order valence-corrected chi connectivity index (χ4v) is 4.10. The van der Waals surface area contributed by atoms with Crippen molar-refractivity contribution < 1.29 is 15.0 Å². The number of phenols is 1. The second-order valence-corrected chi connectivity index (χ2v) is 7.74. The summed E-state index contributed by atoms with van der Waals surface area (Å²) < 4.78 is 0. The van der Waals surface area contributed by atoms with Gasteiger partial charge in [-0.15, -0.1) is 0 Å². The number of rotatable bonds is 5. The van der Waals surface area contributed by atoms with Gasteiger partial charge in [-0.25, -0.2) is 4.79 Å². The predicted octanol–water partition coefficient (Wildman–Crippen LogP) is 6.55. The molecule has 0 saturated carbocycles. The second-order valence-electron chi connectivity index (χ2n) is 7.74. The van der Waals surface area contributed by atoms with Crippen LogP contribution in [0.1, 0.15) is 58.3 Å². The van der Waals surface area contributed by atoms with Crippen LogP contribution in [0.5, 0.6) is 5.75 Å². The average Bonchev–Trinajstić information content (AvgIpc) is 2.79. The first-order valence-corrected chi connectivity index (χ1v) is 10.1. The molecule has 0 radical (unpaired) electrons. The summed E-state index contributed by atoms with van der Waals surface area (Å²) >= 11 is 0. The lowest BCUT2D eigenvalue weighted by Crippen LogP contribution is -2.04. The molecule has 4 rings (SSSR count). The molecule has 0 aliphatic rings. The van der Waals surface area contributed by atoms with Crippen molar-refractivity contribution in [2.45, 2.75) is 25.7 Å². The second kappa shape index (κ2) is 8.03. The third-order valence-electron chi connectivity index (χ3n) is 5.96. The Bertz CT molecular complexity index is 1200. The molecule has 0 saturated heterocycles. The Kier molecular flexibility index (Phi) is 5.28. The standard InChI is InChI=1S/C27H24O3/c1-17(19-9-5-3-6-10-19)21-13-14-22-23(18(2)20-11-7-4-8-12-20)16-25(27(29)30)26(28)24(22)15-21/h3-18,28H,1-2H3,(H,29,30). The number of hydrogen-bond acceptors (Lipinski definition) is 2. The first kappa shape index (κ1) is 19.7. The van der Waals surface area contributed by atoms with Crippen molar-refractivity contribution in [2.24, 2.45) is 0 Å². The molecule has 3 nitrogen and oxygen atoms in total. The molecule has 2 atom stereocenters. The van der Waals surface area contributed by atoms with E-state index in [9.17, 15) is 15.0 Å². The summed E-state index contributed by atoms with van der Waals surface area (Å²) in [6.45, 7) is 4.18. The van der Waals surface area contributed by atoms with Gasteiger partial charge >= 0.3 is 5.97 Å². The summed E-state index contributed by atoms with van der Waals surface area (Å²) in [6, 6.07) is 27.8. The molecule has 0 heterocycles. The van der Waals surface area contributed by atoms with Crippen LogP contribution in [-0.2, 0) is 0 Å². The van der Waals surface area contributed by atoms with E-state index >= 15 is 0 Å². The van der Waals surface area contributed by atoms with E-state index in [0.717, 1.165) is 22.1 Å². The number of aromatic carboxylic acids is 1. The maximum Gasteiger partial charge on any atom is 0.339 e. The van der Waals surface area contributed by atoms with E-state index in [1.807, 2.05) is 60.7 Å². The Morgan fingerprint density at radius 2 is 1.27 bits per heavy atom. The van der Waals surface area contributed by atoms with Crippen molar-refractivity contribution in [2.75, 3.05) is 0 Å². The van der Waals surface area contributed by atoms with E-state index in [1.54, 1.807) is 6.07 Å². The van der Waals surface area contributed by atoms with Crippen LogP contribution in [0.3, 0.4) is 0 Å². The summed E-state index contributed by atoms with van der Waals surface area (Å²) in [4.78, 5) is 11.9. The maximum absolute atomic E-state index is 11.9. The summed E-state index contributed by atoms with van der Waals surface area (Å²) in [6.07, 6.45) is 0. The van der Waals surface area contributed by atoms with Crippen molar-refractivity contribution in [1.82, 2.24) is 0 Å². The van der Waals surface area contributed by atoms with Crippen molar-refractivity contribution in [3.05, 3.63) is 113 Å². The Morgan fingerprint density at radius 3 is 1.83 bits per heavy atom. The molecule has 3 heteroatoms. The van der Waals surface area contributed by atoms with E-state index in [-0.39, 0.29) is 23.1 Å². The number of carboxylic acid groups (broad SMARTS) is 1. The highest BCUT2D eigenvalue weighted by Crippen LogP contribution is 2.39. The molecule has 0 aliphatic heterocycles. The zero-order valence-corrected chi connectivity index (χ0v) is 17.0. The predicted molar refractivity (Wildman–Crippen MR) is 120 cm³/mol. The lowest BCUT2D eigenvalue weighted by atomic mass is 9.85. The van der Waals surface area contributed by atoms with Gasteiger partial charge in [0.1, 0.15) is 11.3 Å². The molecule has 4 aromatic carbocycles. The Morgan fingerprint density at radius 1 is 0.700 bits per heavy atom. The van der Waals surface area contributed by atoms with Gasteiger partial charge in [0.2, 0.25) is 0 Å². The van der Waals surface area contributed by atoms with E-state index in [4.69, 9.17) is 0 Å². The fourth-order valence-electron chi connectivity index (χ4n) is 4.10. The Labute approximate surface area is 176 Å². The van der Waals surface area contributed by atoms with Gasteiger partial charge in [-0.3, -0.25) is 0 Å². The van der Waals surface area contributed by atoms with E-state index in [1.165, 1.54) is 5.56 Å². The van der Waals surface area contributed by atoms with Gasteiger partial charge < -0.3 is 10.2 Å². The Balaban J connectivity index is 1.91. The number of carbonyl (C=O) groups is 1. The van der Waals surface area contributed by atoms with Gasteiger partial charge in [0, 0.05) is 17.2 Å². The highest BCUT2D eigenvalue weighted by molar-refractivity contribution is 6.02. The zero-order valence-electron chi connectivity index (χ0n) is 17.0. The largest absolute Gasteiger partial charge is 0.506 e. The van der Waals surface area contributed by atoms with Crippen LogP contribution >= 0.6 is 0 Å². The van der Waals surface area contributed by atoms with E-state index in [2.05, 4.69) is 32.0 Å². The number of hydrogen-bond donors (Lipinski definition) is 2. The molecule has 0 aromatic heterocycles. The molecule has 4 aromatic rings. The van der Waals surface area contributed by atoms with E-state index in [0.29, 0.717) is 5.39 Å². The third kappa shape index (κ3) is 3.55. The van der Waals surface area contributed by atoms with Gasteiger partial charge in [0.15, 0.2) is 0 Å². The molecular formula is C27H24O3. The van der Waals surface area contributed by atoms with Crippen LogP contribution in [0, 0.1) is 0 Å². The molecule has 0 bridgehead atoms. The van der Waals surface area contributed by atoms with Gasteiger partial charge in [0.25, 0.3) is 0 Å². The summed E-state index contributed by atoms with van der Waals surface area (Å²) in [5.74, 6) is -1.19. The molecule has 0 spiro atoms. The molecule has 0 amide bonds. The molecule has 0 aliphatic carbocycles. The van der Waals surface area contributed by atoms with Gasteiger partial charge in [-0.1, -0.05) is 86.6 Å². The molecular weight excluding hydrogens is 372 g/mol. The Hall–Kier alpha value is -3.59. The van der Waals surface area contributed by atoms with Crippen LogP contribution < -0.4 is 0 Å². The topological polar surface area (TPSA) is 57.5 Å². The van der Waals surface area contributed by atoms with Gasteiger partial charge in [-0.05, 0) is 39.8 Å². The lowest BCUT2D eigenvalue weighted by Gasteiger charge is -2.19. The molecule has 30 heavy (non-hydrogen) atoms. The lowest BCUT2D eigenvalue weighted by molar-refractivity contribution is 0.0694. The summed E-state index contributed by atoms with van der Waals surface area (Å²) in [5, 5.41) is 21.9. The molecule has 2 unspecified atom stereocenters. The molecule has 0 fully saturated rings. The first-order valence-electron chi connectivity index (χ1n) is 10.1. The first-order chi connectivity index (χ1) is 14.5. The van der Waals surface area contributed by atoms with Crippen molar-refractivity contribution >= 4 is 16.7 Å². The number of aromatic hydroxyl groups is 1. The third-order valence-corrected chi connectivity index (χ3v) is 5.96. The van der Waals surface area contributed by atoms with Crippen LogP contribution in [0.2, 0.25) is 0 Å². The van der Waals surface area contributed by atoms with E-state index < -0.39 is 5.97 Å². The average molecular weight is 396 g/mol. The van der Waals surface area contributed by atoms with Crippen LogP contribution in [0.4, 0.5) is 0 Å². The number of carboxylic acids is 1. The quantitative estimate of drug-likeness (QED) is 0.402. The van der Waals surface area contributed by atoms with Gasteiger partial charge in [-0.2, -0.15) is 0 Å². The SMILES string of the molecule is CC(c1ccccc1)c1ccc2c(C(C)c3ccccc3)cc(C(=O)O)c(O)c2c1. The smallest absolute Gasteiger partial charge is 0.339 e. The monoisotopic (exact) mass is 396 g/mol. The summed E-state index contributed by atoms with van der Waals surface area (Å²) in [7, 11) is 0. The van der Waals surface area contributed by atoms with Gasteiger partial charge in [0.05, 0.1) is 0 Å². The van der Waals surface area contributed by atoms with Crippen LogP contribution in [0.25, 0.3) is 10.8 Å². The minimum Gasteiger partial charge on any atom is -0.506 e. The molecule has 2 N–H and O–H groups in total. The van der Waals surface area contributed by atoms with Crippen molar-refractivity contribution in [3.63, 3.8) is 0 Å². The number of benzene rings is 4. The normalized spacial score (nSPS) is 13.1. The zero-order chi connectivity index (χ0) is 21.3. The minimum atomic E-state index is -1.13. The van der Waals surface area contributed by atoms with Crippen molar-refractivity contribution in [3.8, 4) is 5.75 Å². The number of fused-ring (bicyclic) bond motifs is 1.